The Kier molecular flexibility index (Phi) is 5.87. The number of anilines is 2. The molecular weight excluding hydrogens is 433 g/mol. The van der Waals surface area contributed by atoms with Crippen molar-refractivity contribution in [3.63, 3.8) is 0 Å². The van der Waals surface area contributed by atoms with Crippen molar-refractivity contribution in [2.45, 2.75) is 19.6 Å². The molecule has 0 fully saturated rings. The van der Waals surface area contributed by atoms with Gasteiger partial charge in [0.25, 0.3) is 11.5 Å². The maximum atomic E-state index is 13.7. The first-order valence-electron chi connectivity index (χ1n) is 10.0. The second-order valence-corrected chi connectivity index (χ2v) is 7.45. The van der Waals surface area contributed by atoms with Gasteiger partial charge in [-0.2, -0.15) is 13.2 Å². The number of carbonyl (C=O) groups excluding carboxylic acids is 1. The molecule has 168 valence electrons. The SMILES string of the molecule is Cc1ccc2nc(CNc3ccc(NC(=O)c4ccccc4)cc3C(F)(F)F)cc(=O)n2c1. The maximum Gasteiger partial charge on any atom is 0.418 e. The average molecular weight is 452 g/mol. The van der Waals surface area contributed by atoms with E-state index in [1.54, 1.807) is 48.7 Å². The van der Waals surface area contributed by atoms with Crippen molar-refractivity contribution in [3.8, 4) is 0 Å². The van der Waals surface area contributed by atoms with Crippen molar-refractivity contribution in [2.75, 3.05) is 10.6 Å². The van der Waals surface area contributed by atoms with Gasteiger partial charge in [0, 0.05) is 29.2 Å². The number of hydrogen-bond acceptors (Lipinski definition) is 4. The van der Waals surface area contributed by atoms with E-state index < -0.39 is 17.6 Å². The van der Waals surface area contributed by atoms with Crippen molar-refractivity contribution in [1.82, 2.24) is 9.38 Å². The van der Waals surface area contributed by atoms with E-state index in [0.717, 1.165) is 11.6 Å². The van der Waals surface area contributed by atoms with Crippen LogP contribution in [0.4, 0.5) is 24.5 Å². The molecule has 6 nitrogen and oxygen atoms in total. The topological polar surface area (TPSA) is 75.5 Å². The Morgan fingerprint density at radius 1 is 1.03 bits per heavy atom. The predicted octanol–water partition coefficient (Wildman–Crippen LogP) is 4.89. The Hall–Kier alpha value is -4.14. The highest BCUT2D eigenvalue weighted by Crippen LogP contribution is 2.36. The van der Waals surface area contributed by atoms with Crippen molar-refractivity contribution in [3.05, 3.63) is 106 Å². The zero-order valence-corrected chi connectivity index (χ0v) is 17.5. The fraction of sp³-hybridized carbons (Fsp3) is 0.125. The van der Waals surface area contributed by atoms with Crippen LogP contribution in [0, 0.1) is 6.92 Å². The van der Waals surface area contributed by atoms with Crippen LogP contribution in [-0.2, 0) is 12.7 Å². The van der Waals surface area contributed by atoms with Crippen molar-refractivity contribution in [2.24, 2.45) is 0 Å². The third kappa shape index (κ3) is 5.03. The standard InChI is InChI=1S/C24H19F3N4O2/c1-15-7-10-21-29-18(12-22(32)31(21)14-15)13-28-20-9-8-17(11-19(20)24(25,26)27)30-23(33)16-5-3-2-4-6-16/h2-12,14,28H,13H2,1H3,(H,30,33). The fourth-order valence-electron chi connectivity index (χ4n) is 3.34. The largest absolute Gasteiger partial charge is 0.418 e. The number of amides is 1. The molecule has 0 bridgehead atoms. The van der Waals surface area contributed by atoms with Gasteiger partial charge in [0.1, 0.15) is 5.65 Å². The minimum Gasteiger partial charge on any atom is -0.379 e. The van der Waals surface area contributed by atoms with Crippen molar-refractivity contribution >= 4 is 22.9 Å². The fourth-order valence-corrected chi connectivity index (χ4v) is 3.34. The first-order valence-corrected chi connectivity index (χ1v) is 10.0. The van der Waals surface area contributed by atoms with Gasteiger partial charge in [-0.25, -0.2) is 4.98 Å². The molecule has 0 spiro atoms. The first kappa shape index (κ1) is 22.1. The van der Waals surface area contributed by atoms with Crippen molar-refractivity contribution < 1.29 is 18.0 Å². The minimum absolute atomic E-state index is 0.0131. The third-order valence-electron chi connectivity index (χ3n) is 4.94. The molecule has 0 atom stereocenters. The molecule has 0 saturated carbocycles. The summed E-state index contributed by atoms with van der Waals surface area (Å²) in [6, 6.07) is 16.4. The predicted molar refractivity (Wildman–Crippen MR) is 119 cm³/mol. The number of aromatic nitrogens is 2. The molecule has 4 rings (SSSR count). The number of halogens is 3. The summed E-state index contributed by atoms with van der Waals surface area (Å²) in [5.74, 6) is -0.513. The van der Waals surface area contributed by atoms with Crippen LogP contribution in [-0.4, -0.2) is 15.3 Å². The smallest absolute Gasteiger partial charge is 0.379 e. The van der Waals surface area contributed by atoms with E-state index in [9.17, 15) is 22.8 Å². The van der Waals surface area contributed by atoms with E-state index in [-0.39, 0.29) is 23.5 Å². The van der Waals surface area contributed by atoms with Crippen LogP contribution in [0.2, 0.25) is 0 Å². The van der Waals surface area contributed by atoms with Gasteiger partial charge >= 0.3 is 6.18 Å². The van der Waals surface area contributed by atoms with Crippen LogP contribution in [0.5, 0.6) is 0 Å². The first-order chi connectivity index (χ1) is 15.7. The summed E-state index contributed by atoms with van der Waals surface area (Å²) < 4.78 is 42.5. The zero-order valence-electron chi connectivity index (χ0n) is 17.5. The summed E-state index contributed by atoms with van der Waals surface area (Å²) in [7, 11) is 0. The minimum atomic E-state index is -4.66. The Labute approximate surface area is 186 Å². The molecule has 0 aliphatic rings. The van der Waals surface area contributed by atoms with E-state index in [1.165, 1.54) is 22.6 Å². The third-order valence-corrected chi connectivity index (χ3v) is 4.94. The summed E-state index contributed by atoms with van der Waals surface area (Å²) in [5.41, 5.74) is 0.476. The lowest BCUT2D eigenvalue weighted by atomic mass is 10.1. The van der Waals surface area contributed by atoms with Gasteiger partial charge in [-0.3, -0.25) is 14.0 Å². The number of hydrogen-bond donors (Lipinski definition) is 2. The highest BCUT2D eigenvalue weighted by molar-refractivity contribution is 6.04. The highest BCUT2D eigenvalue weighted by Gasteiger charge is 2.34. The normalized spacial score (nSPS) is 11.4. The monoisotopic (exact) mass is 452 g/mol. The zero-order chi connectivity index (χ0) is 23.6. The Morgan fingerprint density at radius 3 is 2.52 bits per heavy atom. The average Bonchev–Trinajstić information content (AvgIpc) is 2.78. The Balaban J connectivity index is 1.57. The summed E-state index contributed by atoms with van der Waals surface area (Å²) in [4.78, 5) is 28.9. The molecule has 2 N–H and O–H groups in total. The van der Waals surface area contributed by atoms with Gasteiger partial charge in [0.2, 0.25) is 0 Å². The van der Waals surface area contributed by atoms with Gasteiger partial charge in [-0.05, 0) is 48.9 Å². The second-order valence-electron chi connectivity index (χ2n) is 7.45. The van der Waals surface area contributed by atoms with Gasteiger partial charge in [0.15, 0.2) is 0 Å². The molecule has 2 aromatic carbocycles. The number of nitrogens with zero attached hydrogens (tertiary/aromatic N) is 2. The lowest BCUT2D eigenvalue weighted by molar-refractivity contribution is -0.136. The molecule has 0 radical (unpaired) electrons. The van der Waals surface area contributed by atoms with Crippen LogP contribution in [0.25, 0.3) is 5.65 Å². The van der Waals surface area contributed by atoms with Crippen molar-refractivity contribution in [1.29, 1.82) is 0 Å². The Bertz CT molecular complexity index is 1380. The summed E-state index contributed by atoms with van der Waals surface area (Å²) in [5, 5.41) is 5.19. The molecule has 9 heteroatoms. The molecule has 33 heavy (non-hydrogen) atoms. The lowest BCUT2D eigenvalue weighted by Gasteiger charge is -2.16. The maximum absolute atomic E-state index is 13.7. The van der Waals surface area contributed by atoms with Gasteiger partial charge in [-0.1, -0.05) is 24.3 Å². The number of fused-ring (bicyclic) bond motifs is 1. The van der Waals surface area contributed by atoms with Gasteiger partial charge in [0.05, 0.1) is 17.8 Å². The lowest BCUT2D eigenvalue weighted by Crippen LogP contribution is -2.18. The molecule has 0 aliphatic heterocycles. The van der Waals surface area contributed by atoms with E-state index in [4.69, 9.17) is 0 Å². The molecule has 4 aromatic rings. The number of alkyl halides is 3. The van der Waals surface area contributed by atoms with Crippen LogP contribution in [0.1, 0.15) is 27.2 Å². The number of carbonyl (C=O) groups is 1. The van der Waals surface area contributed by atoms with E-state index in [0.29, 0.717) is 16.9 Å². The van der Waals surface area contributed by atoms with Crippen LogP contribution in [0.3, 0.4) is 0 Å². The number of benzene rings is 2. The van der Waals surface area contributed by atoms with Crippen LogP contribution < -0.4 is 16.2 Å². The second kappa shape index (κ2) is 8.78. The quantitative estimate of drug-likeness (QED) is 0.452. The number of pyridine rings is 1. The molecule has 2 aromatic heterocycles. The summed E-state index contributed by atoms with van der Waals surface area (Å²) in [6.07, 6.45) is -3.02. The summed E-state index contributed by atoms with van der Waals surface area (Å²) >= 11 is 0. The van der Waals surface area contributed by atoms with E-state index in [2.05, 4.69) is 15.6 Å². The van der Waals surface area contributed by atoms with Gasteiger partial charge in [-0.15, -0.1) is 0 Å². The molecular formula is C24H19F3N4O2. The molecule has 0 saturated heterocycles. The number of nitrogens with one attached hydrogen (secondary N) is 2. The highest BCUT2D eigenvalue weighted by atomic mass is 19.4. The number of rotatable bonds is 5. The molecule has 2 heterocycles. The molecule has 0 unspecified atom stereocenters. The van der Waals surface area contributed by atoms with Crippen LogP contribution >= 0.6 is 0 Å². The number of aryl methyl sites for hydroxylation is 1. The molecule has 1 amide bonds. The van der Waals surface area contributed by atoms with E-state index >= 15 is 0 Å². The molecule has 0 aliphatic carbocycles. The van der Waals surface area contributed by atoms with Crippen LogP contribution in [0.15, 0.2) is 77.7 Å². The van der Waals surface area contributed by atoms with E-state index in [1.807, 2.05) is 6.92 Å². The summed E-state index contributed by atoms with van der Waals surface area (Å²) in [6.45, 7) is 1.75. The van der Waals surface area contributed by atoms with Gasteiger partial charge < -0.3 is 10.6 Å². The Morgan fingerprint density at radius 2 is 1.79 bits per heavy atom.